The highest BCUT2D eigenvalue weighted by molar-refractivity contribution is 5.36. The summed E-state index contributed by atoms with van der Waals surface area (Å²) in [5, 5.41) is 0. The van der Waals surface area contributed by atoms with Gasteiger partial charge in [-0.3, -0.25) is 0 Å². The van der Waals surface area contributed by atoms with Crippen molar-refractivity contribution in [2.75, 3.05) is 0 Å². The van der Waals surface area contributed by atoms with E-state index in [0.717, 1.165) is 12.2 Å². The Bertz CT molecular complexity index is 392. The van der Waals surface area contributed by atoms with Crippen molar-refractivity contribution in [2.24, 2.45) is 11.1 Å². The first-order valence-corrected chi connectivity index (χ1v) is 7.28. The first-order chi connectivity index (χ1) is 8.77. The van der Waals surface area contributed by atoms with Crippen molar-refractivity contribution in [3.05, 3.63) is 29.8 Å². The second-order valence-corrected chi connectivity index (χ2v) is 6.67. The molecule has 0 fully saturated rings. The molecule has 0 aliphatic rings. The van der Waals surface area contributed by atoms with Crippen LogP contribution < -0.4 is 10.5 Å². The van der Waals surface area contributed by atoms with Gasteiger partial charge in [-0.2, -0.15) is 0 Å². The molecule has 0 amide bonds. The highest BCUT2D eigenvalue weighted by atomic mass is 16.5. The van der Waals surface area contributed by atoms with Gasteiger partial charge >= 0.3 is 0 Å². The molecule has 2 atom stereocenters. The van der Waals surface area contributed by atoms with E-state index in [1.54, 1.807) is 0 Å². The molecular formula is C17H29NO. The molecule has 2 unspecified atom stereocenters. The summed E-state index contributed by atoms with van der Waals surface area (Å²) in [5.74, 6) is 1.43. The molecule has 0 saturated carbocycles. The van der Waals surface area contributed by atoms with Crippen LogP contribution in [0.4, 0.5) is 0 Å². The monoisotopic (exact) mass is 263 g/mol. The molecular weight excluding hydrogens is 234 g/mol. The number of ether oxygens (including phenoxy) is 1. The van der Waals surface area contributed by atoms with Crippen molar-refractivity contribution < 1.29 is 4.74 Å². The number of nitrogens with two attached hydrogens (primary N) is 1. The highest BCUT2D eigenvalue weighted by Crippen LogP contribution is 2.32. The molecule has 1 aromatic carbocycles. The molecule has 2 N–H and O–H groups in total. The predicted octanol–water partition coefficient (Wildman–Crippen LogP) is 4.34. The summed E-state index contributed by atoms with van der Waals surface area (Å²) in [6.45, 7) is 13.0. The summed E-state index contributed by atoms with van der Waals surface area (Å²) < 4.78 is 6.30. The van der Waals surface area contributed by atoms with E-state index >= 15 is 0 Å². The van der Waals surface area contributed by atoms with Gasteiger partial charge in [0.15, 0.2) is 0 Å². The normalized spacial score (nSPS) is 15.4. The van der Waals surface area contributed by atoms with E-state index in [2.05, 4.69) is 59.7 Å². The summed E-state index contributed by atoms with van der Waals surface area (Å²) in [4.78, 5) is 0. The molecule has 108 valence electrons. The molecule has 19 heavy (non-hydrogen) atoms. The molecule has 2 nitrogen and oxygen atoms in total. The van der Waals surface area contributed by atoms with Crippen LogP contribution in [0.2, 0.25) is 0 Å². The van der Waals surface area contributed by atoms with E-state index in [0.29, 0.717) is 5.92 Å². The molecule has 0 saturated heterocycles. The quantitative estimate of drug-likeness (QED) is 0.857. The van der Waals surface area contributed by atoms with E-state index in [4.69, 9.17) is 10.5 Å². The Labute approximate surface area is 118 Å². The summed E-state index contributed by atoms with van der Waals surface area (Å²) in [5.41, 5.74) is 7.53. The van der Waals surface area contributed by atoms with Crippen LogP contribution in [0, 0.1) is 5.41 Å². The van der Waals surface area contributed by atoms with Crippen molar-refractivity contribution in [2.45, 2.75) is 66.0 Å². The molecule has 1 aromatic rings. The van der Waals surface area contributed by atoms with E-state index in [9.17, 15) is 0 Å². The number of benzene rings is 1. The third-order valence-electron chi connectivity index (χ3n) is 3.51. The second-order valence-electron chi connectivity index (χ2n) is 6.67. The van der Waals surface area contributed by atoms with Crippen molar-refractivity contribution in [3.63, 3.8) is 0 Å². The third-order valence-corrected chi connectivity index (χ3v) is 3.51. The topological polar surface area (TPSA) is 35.2 Å². The van der Waals surface area contributed by atoms with Crippen molar-refractivity contribution >= 4 is 0 Å². The lowest BCUT2D eigenvalue weighted by Gasteiger charge is -2.36. The van der Waals surface area contributed by atoms with Gasteiger partial charge in [0.2, 0.25) is 0 Å². The standard InChI is InChI=1S/C17H29NO/c1-7-14(18)16(17(4,5)6)19-15-11-9-8-10-13(15)12(2)3/h8-12,14,16H,7,18H2,1-6H3. The average Bonchev–Trinajstić information content (AvgIpc) is 2.34. The zero-order valence-electron chi connectivity index (χ0n) is 13.2. The largest absolute Gasteiger partial charge is 0.488 e. The van der Waals surface area contributed by atoms with Crippen LogP contribution in [-0.2, 0) is 0 Å². The van der Waals surface area contributed by atoms with Crippen molar-refractivity contribution in [3.8, 4) is 5.75 Å². The van der Waals surface area contributed by atoms with E-state index in [1.807, 2.05) is 6.07 Å². The Kier molecular flexibility index (Phi) is 5.42. The molecule has 0 radical (unpaired) electrons. The maximum atomic E-state index is 6.30. The van der Waals surface area contributed by atoms with E-state index in [1.165, 1.54) is 5.56 Å². The van der Waals surface area contributed by atoms with Gasteiger partial charge in [-0.25, -0.2) is 0 Å². The van der Waals surface area contributed by atoms with Crippen molar-refractivity contribution in [1.29, 1.82) is 0 Å². The lowest BCUT2D eigenvalue weighted by molar-refractivity contribution is 0.0611. The summed E-state index contributed by atoms with van der Waals surface area (Å²) in [7, 11) is 0. The van der Waals surface area contributed by atoms with Gasteiger partial charge in [0.05, 0.1) is 0 Å². The Hall–Kier alpha value is -1.02. The molecule has 0 bridgehead atoms. The predicted molar refractivity (Wildman–Crippen MR) is 82.7 cm³/mol. The van der Waals surface area contributed by atoms with Gasteiger partial charge in [-0.05, 0) is 24.0 Å². The first-order valence-electron chi connectivity index (χ1n) is 7.28. The molecule has 0 aliphatic heterocycles. The Morgan fingerprint density at radius 1 is 1.16 bits per heavy atom. The summed E-state index contributed by atoms with van der Waals surface area (Å²) in [6.07, 6.45) is 0.948. The average molecular weight is 263 g/mol. The zero-order valence-corrected chi connectivity index (χ0v) is 13.2. The number of para-hydroxylation sites is 1. The van der Waals surface area contributed by atoms with E-state index in [-0.39, 0.29) is 17.6 Å². The van der Waals surface area contributed by atoms with Gasteiger partial charge in [0.1, 0.15) is 11.9 Å². The van der Waals surface area contributed by atoms with Gasteiger partial charge in [0.25, 0.3) is 0 Å². The minimum Gasteiger partial charge on any atom is -0.488 e. The van der Waals surface area contributed by atoms with Gasteiger partial charge in [0, 0.05) is 11.5 Å². The van der Waals surface area contributed by atoms with Crippen LogP contribution in [0.15, 0.2) is 24.3 Å². The lowest BCUT2D eigenvalue weighted by Crippen LogP contribution is -2.47. The van der Waals surface area contributed by atoms with Crippen LogP contribution >= 0.6 is 0 Å². The maximum Gasteiger partial charge on any atom is 0.123 e. The molecule has 0 heterocycles. The van der Waals surface area contributed by atoms with Crippen LogP contribution in [0.3, 0.4) is 0 Å². The highest BCUT2D eigenvalue weighted by Gasteiger charge is 2.32. The smallest absolute Gasteiger partial charge is 0.123 e. The summed E-state index contributed by atoms with van der Waals surface area (Å²) in [6, 6.07) is 8.33. The van der Waals surface area contributed by atoms with Crippen LogP contribution in [0.25, 0.3) is 0 Å². The van der Waals surface area contributed by atoms with Gasteiger partial charge < -0.3 is 10.5 Å². The Balaban J connectivity index is 3.03. The fourth-order valence-corrected chi connectivity index (χ4v) is 2.32. The van der Waals surface area contributed by atoms with Crippen molar-refractivity contribution in [1.82, 2.24) is 0 Å². The minimum absolute atomic E-state index is 0.0254. The maximum absolute atomic E-state index is 6.30. The second kappa shape index (κ2) is 6.42. The lowest BCUT2D eigenvalue weighted by atomic mass is 9.83. The fourth-order valence-electron chi connectivity index (χ4n) is 2.32. The third kappa shape index (κ3) is 4.24. The summed E-state index contributed by atoms with van der Waals surface area (Å²) >= 11 is 0. The van der Waals surface area contributed by atoms with Crippen LogP contribution in [-0.4, -0.2) is 12.1 Å². The SMILES string of the molecule is CCC(N)C(Oc1ccccc1C(C)C)C(C)(C)C. The molecule has 0 aromatic heterocycles. The minimum atomic E-state index is 0.0254. The molecule has 2 heteroatoms. The zero-order chi connectivity index (χ0) is 14.6. The molecule has 0 aliphatic carbocycles. The number of rotatable bonds is 5. The number of hydrogen-bond donors (Lipinski definition) is 1. The molecule has 0 spiro atoms. The van der Waals surface area contributed by atoms with Gasteiger partial charge in [-0.15, -0.1) is 0 Å². The van der Waals surface area contributed by atoms with Crippen LogP contribution in [0.5, 0.6) is 5.75 Å². The van der Waals surface area contributed by atoms with E-state index < -0.39 is 0 Å². The fraction of sp³-hybridized carbons (Fsp3) is 0.647. The van der Waals surface area contributed by atoms with Crippen LogP contribution in [0.1, 0.15) is 59.4 Å². The van der Waals surface area contributed by atoms with Gasteiger partial charge in [-0.1, -0.05) is 59.7 Å². The Morgan fingerprint density at radius 3 is 2.21 bits per heavy atom. The first kappa shape index (κ1) is 16.0. The number of hydrogen-bond acceptors (Lipinski definition) is 2. The molecule has 1 rings (SSSR count). The Morgan fingerprint density at radius 2 is 1.74 bits per heavy atom.